The van der Waals surface area contributed by atoms with Crippen LogP contribution in [0.2, 0.25) is 4.34 Å². The molecule has 1 aromatic carbocycles. The second-order valence-electron chi connectivity index (χ2n) is 4.65. The Kier molecular flexibility index (Phi) is 6.55. The molecule has 5 nitrogen and oxygen atoms in total. The van der Waals surface area contributed by atoms with Crippen molar-refractivity contribution >= 4 is 34.6 Å². The van der Waals surface area contributed by atoms with E-state index in [0.29, 0.717) is 17.5 Å². The van der Waals surface area contributed by atoms with E-state index < -0.39 is 0 Å². The summed E-state index contributed by atoms with van der Waals surface area (Å²) in [4.78, 5) is 5.46. The average Bonchev–Trinajstić information content (AvgIpc) is 2.99. The van der Waals surface area contributed by atoms with E-state index in [2.05, 4.69) is 15.6 Å². The van der Waals surface area contributed by atoms with Crippen LogP contribution in [0, 0.1) is 0 Å². The minimum Gasteiger partial charge on any atom is -0.493 e. The third kappa shape index (κ3) is 5.04. The van der Waals surface area contributed by atoms with E-state index >= 15 is 0 Å². The van der Waals surface area contributed by atoms with Gasteiger partial charge in [-0.1, -0.05) is 11.6 Å². The topological polar surface area (TPSA) is 54.9 Å². The number of hydrogen-bond donors (Lipinski definition) is 2. The van der Waals surface area contributed by atoms with Crippen molar-refractivity contribution in [1.82, 2.24) is 5.32 Å². The molecule has 0 saturated heterocycles. The molecule has 0 fully saturated rings. The largest absolute Gasteiger partial charge is 0.493 e. The first-order valence-corrected chi connectivity index (χ1v) is 8.29. The zero-order valence-corrected chi connectivity index (χ0v) is 14.9. The monoisotopic (exact) mass is 353 g/mol. The quantitative estimate of drug-likeness (QED) is 0.615. The SMILES string of the molecule is CN=C(NCCc1ccc(Cl)s1)Nc1ccc(OC)c(OC)c1. The van der Waals surface area contributed by atoms with Gasteiger partial charge in [0, 0.05) is 30.2 Å². The third-order valence-corrected chi connectivity index (χ3v) is 4.45. The van der Waals surface area contributed by atoms with Gasteiger partial charge in [-0.2, -0.15) is 0 Å². The maximum absolute atomic E-state index is 5.93. The van der Waals surface area contributed by atoms with Gasteiger partial charge < -0.3 is 20.1 Å². The van der Waals surface area contributed by atoms with Crippen LogP contribution in [0.1, 0.15) is 4.88 Å². The lowest BCUT2D eigenvalue weighted by Crippen LogP contribution is -2.32. The van der Waals surface area contributed by atoms with Crippen LogP contribution in [-0.4, -0.2) is 33.8 Å². The molecule has 0 aliphatic heterocycles. The zero-order valence-electron chi connectivity index (χ0n) is 13.4. The predicted molar refractivity (Wildman–Crippen MR) is 97.6 cm³/mol. The number of anilines is 1. The van der Waals surface area contributed by atoms with E-state index in [1.807, 2.05) is 30.3 Å². The molecule has 2 N–H and O–H groups in total. The van der Waals surface area contributed by atoms with Crippen molar-refractivity contribution in [3.63, 3.8) is 0 Å². The Morgan fingerprint density at radius 3 is 2.57 bits per heavy atom. The lowest BCUT2D eigenvalue weighted by molar-refractivity contribution is 0.355. The first kappa shape index (κ1) is 17.4. The van der Waals surface area contributed by atoms with E-state index in [0.717, 1.165) is 23.0 Å². The highest BCUT2D eigenvalue weighted by atomic mass is 35.5. The predicted octanol–water partition coefficient (Wildman–Crippen LogP) is 3.65. The molecule has 0 bridgehead atoms. The summed E-state index contributed by atoms with van der Waals surface area (Å²) in [6, 6.07) is 9.58. The fraction of sp³-hybridized carbons (Fsp3) is 0.312. The summed E-state index contributed by atoms with van der Waals surface area (Å²) in [7, 11) is 4.96. The van der Waals surface area contributed by atoms with Gasteiger partial charge in [0.1, 0.15) is 0 Å². The number of methoxy groups -OCH3 is 2. The van der Waals surface area contributed by atoms with Crippen molar-refractivity contribution in [1.29, 1.82) is 0 Å². The van der Waals surface area contributed by atoms with Gasteiger partial charge >= 0.3 is 0 Å². The molecule has 23 heavy (non-hydrogen) atoms. The molecule has 0 unspecified atom stereocenters. The van der Waals surface area contributed by atoms with Crippen LogP contribution in [0.3, 0.4) is 0 Å². The van der Waals surface area contributed by atoms with Crippen LogP contribution < -0.4 is 20.1 Å². The second-order valence-corrected chi connectivity index (χ2v) is 6.45. The van der Waals surface area contributed by atoms with Gasteiger partial charge in [0.15, 0.2) is 17.5 Å². The number of benzene rings is 1. The van der Waals surface area contributed by atoms with Gasteiger partial charge in [0.2, 0.25) is 0 Å². The van der Waals surface area contributed by atoms with Crippen molar-refractivity contribution in [3.8, 4) is 11.5 Å². The Morgan fingerprint density at radius 2 is 1.96 bits per heavy atom. The van der Waals surface area contributed by atoms with Gasteiger partial charge in [0.05, 0.1) is 18.6 Å². The van der Waals surface area contributed by atoms with Crippen LogP contribution in [-0.2, 0) is 6.42 Å². The number of thiophene rings is 1. The number of nitrogens with one attached hydrogen (secondary N) is 2. The Morgan fingerprint density at radius 1 is 1.17 bits per heavy atom. The molecular weight excluding hydrogens is 334 g/mol. The molecule has 0 radical (unpaired) electrons. The van der Waals surface area contributed by atoms with Crippen molar-refractivity contribution < 1.29 is 9.47 Å². The van der Waals surface area contributed by atoms with Crippen LogP contribution in [0.4, 0.5) is 5.69 Å². The van der Waals surface area contributed by atoms with Crippen molar-refractivity contribution in [2.24, 2.45) is 4.99 Å². The van der Waals surface area contributed by atoms with Crippen LogP contribution >= 0.6 is 22.9 Å². The summed E-state index contributed by atoms with van der Waals surface area (Å²) in [5, 5.41) is 6.50. The number of aliphatic imine (C=N–C) groups is 1. The fourth-order valence-electron chi connectivity index (χ4n) is 2.02. The molecule has 0 aliphatic rings. The summed E-state index contributed by atoms with van der Waals surface area (Å²) in [5.74, 6) is 2.05. The van der Waals surface area contributed by atoms with Crippen molar-refractivity contribution in [2.45, 2.75) is 6.42 Å². The Hall–Kier alpha value is -1.92. The van der Waals surface area contributed by atoms with Gasteiger partial charge in [-0.05, 0) is 30.7 Å². The minimum atomic E-state index is 0.668. The van der Waals surface area contributed by atoms with Crippen LogP contribution in [0.25, 0.3) is 0 Å². The standard InChI is InChI=1S/C16H20ClN3O2S/c1-18-16(19-9-8-12-5-7-15(17)23-12)20-11-4-6-13(21-2)14(10-11)22-3/h4-7,10H,8-9H2,1-3H3,(H2,18,19,20). The highest BCUT2D eigenvalue weighted by molar-refractivity contribution is 7.16. The molecule has 2 aromatic rings. The number of rotatable bonds is 6. The number of nitrogens with zero attached hydrogens (tertiary/aromatic N) is 1. The zero-order chi connectivity index (χ0) is 16.7. The number of guanidine groups is 1. The Labute approximate surface area is 145 Å². The van der Waals surface area contributed by atoms with E-state index in [-0.39, 0.29) is 0 Å². The molecule has 2 rings (SSSR count). The second kappa shape index (κ2) is 8.64. The molecule has 0 amide bonds. The van der Waals surface area contributed by atoms with Gasteiger partial charge in [-0.3, -0.25) is 4.99 Å². The number of hydrogen-bond acceptors (Lipinski definition) is 4. The lowest BCUT2D eigenvalue weighted by Gasteiger charge is -2.13. The van der Waals surface area contributed by atoms with Gasteiger partial charge in [-0.25, -0.2) is 0 Å². The van der Waals surface area contributed by atoms with Crippen molar-refractivity contribution in [2.75, 3.05) is 33.1 Å². The molecule has 0 atom stereocenters. The summed E-state index contributed by atoms with van der Waals surface area (Å²) in [5.41, 5.74) is 0.870. The number of halogens is 1. The first-order chi connectivity index (χ1) is 11.2. The maximum Gasteiger partial charge on any atom is 0.195 e. The highest BCUT2D eigenvalue weighted by Gasteiger charge is 2.06. The van der Waals surface area contributed by atoms with E-state index in [1.165, 1.54) is 4.88 Å². The van der Waals surface area contributed by atoms with Crippen molar-refractivity contribution in [3.05, 3.63) is 39.5 Å². The summed E-state index contributed by atoms with van der Waals surface area (Å²) in [6.07, 6.45) is 0.893. The molecule has 7 heteroatoms. The first-order valence-electron chi connectivity index (χ1n) is 7.10. The molecule has 124 valence electrons. The Bertz CT molecular complexity index is 673. The smallest absolute Gasteiger partial charge is 0.195 e. The summed E-state index contributed by atoms with van der Waals surface area (Å²) < 4.78 is 11.3. The van der Waals surface area contributed by atoms with Crippen LogP contribution in [0.5, 0.6) is 11.5 Å². The molecule has 1 aromatic heterocycles. The molecule has 1 heterocycles. The minimum absolute atomic E-state index is 0.668. The normalized spacial score (nSPS) is 11.2. The molecule has 0 aliphatic carbocycles. The average molecular weight is 354 g/mol. The maximum atomic E-state index is 5.93. The highest BCUT2D eigenvalue weighted by Crippen LogP contribution is 2.29. The van der Waals surface area contributed by atoms with E-state index in [4.69, 9.17) is 21.1 Å². The Balaban J connectivity index is 1.91. The summed E-state index contributed by atoms with van der Waals surface area (Å²) in [6.45, 7) is 0.768. The molecule has 0 spiro atoms. The van der Waals surface area contributed by atoms with E-state index in [1.54, 1.807) is 32.6 Å². The molecular formula is C16H20ClN3O2S. The van der Waals surface area contributed by atoms with Gasteiger partial charge in [0.25, 0.3) is 0 Å². The van der Waals surface area contributed by atoms with Gasteiger partial charge in [-0.15, -0.1) is 11.3 Å². The third-order valence-electron chi connectivity index (χ3n) is 3.16. The van der Waals surface area contributed by atoms with E-state index in [9.17, 15) is 0 Å². The van der Waals surface area contributed by atoms with Crippen LogP contribution in [0.15, 0.2) is 35.3 Å². The summed E-state index contributed by atoms with van der Waals surface area (Å²) >= 11 is 7.52. The lowest BCUT2D eigenvalue weighted by atomic mass is 10.2. The number of ether oxygens (including phenoxy) is 2. The molecule has 0 saturated carbocycles. The fourth-order valence-corrected chi connectivity index (χ4v) is 3.11.